The molecule has 4 aromatic carbocycles. The lowest BCUT2D eigenvalue weighted by Crippen LogP contribution is -2.51. The molecule has 4 unspecified atom stereocenters. The first-order valence-corrected chi connectivity index (χ1v) is 29.6. The van der Waals surface area contributed by atoms with E-state index in [1.54, 1.807) is 34.1 Å². The van der Waals surface area contributed by atoms with E-state index < -0.39 is 12.1 Å². The molecule has 8 aliphatic rings. The topological polar surface area (TPSA) is 232 Å². The van der Waals surface area contributed by atoms with Gasteiger partial charge in [-0.05, 0) is 139 Å². The van der Waals surface area contributed by atoms with Crippen molar-refractivity contribution in [1.82, 2.24) is 40.9 Å². The van der Waals surface area contributed by atoms with Crippen molar-refractivity contribution in [2.45, 2.75) is 168 Å². The number of nitrogens with zero attached hydrogens (tertiary/aromatic N) is 4. The third-order valence-corrected chi connectivity index (χ3v) is 17.2. The quantitative estimate of drug-likeness (QED) is 0.122. The molecule has 18 nitrogen and oxygen atoms in total. The van der Waals surface area contributed by atoms with Crippen LogP contribution >= 0.6 is 0 Å². The Morgan fingerprint density at radius 3 is 1.26 bits per heavy atom. The van der Waals surface area contributed by atoms with Gasteiger partial charge in [0.2, 0.25) is 23.6 Å². The summed E-state index contributed by atoms with van der Waals surface area (Å²) in [5, 5.41) is 10.8. The summed E-state index contributed by atoms with van der Waals surface area (Å²) >= 11 is 0. The second-order valence-electron chi connectivity index (χ2n) is 24.4. The third kappa shape index (κ3) is 12.0. The fourth-order valence-corrected chi connectivity index (χ4v) is 12.3. The number of rotatable bonds is 8. The van der Waals surface area contributed by atoms with E-state index in [2.05, 4.69) is 87.4 Å². The SMILES string of the molecule is C=C1CCC(N2C(=O)c3ccc(C(C)C)cc3C2=O)C(=O)N1.C=C1CCC(N2C(=O)c3cccc(C(C)C)c3C2=O)C(=O)N1.C=C1CCC(N2Cc3c(cccc3C(C)C)C2=O)C(=O)N1.C=C1CCC(N2Cc3cc(C(C)C)ccc3C2=O)C(=O)N1. The molecule has 10 amide bonds. The first kappa shape index (κ1) is 61.5. The third-order valence-electron chi connectivity index (χ3n) is 17.2. The number of piperidine rings is 4. The van der Waals surface area contributed by atoms with Gasteiger partial charge in [0.1, 0.15) is 24.2 Å². The van der Waals surface area contributed by atoms with Gasteiger partial charge in [0.15, 0.2) is 0 Å². The average Bonchev–Trinajstić information content (AvgIpc) is 1.82. The van der Waals surface area contributed by atoms with Crippen LogP contribution in [-0.4, -0.2) is 103 Å². The predicted molar refractivity (Wildman–Crippen MR) is 324 cm³/mol. The lowest BCUT2D eigenvalue weighted by molar-refractivity contribution is -0.127. The number of benzene rings is 4. The number of carbonyl (C=O) groups excluding carboxylic acids is 10. The molecule has 0 saturated carbocycles. The summed E-state index contributed by atoms with van der Waals surface area (Å²) in [4.78, 5) is 130. The van der Waals surface area contributed by atoms with E-state index >= 15 is 0 Å². The maximum atomic E-state index is 12.8. The molecule has 18 heteroatoms. The number of allylic oxidation sites excluding steroid dienone is 4. The minimum absolute atomic E-state index is 0.0276. The normalized spacial score (nSPS) is 21.6. The van der Waals surface area contributed by atoms with Crippen LogP contribution in [0.5, 0.6) is 0 Å². The first-order chi connectivity index (χ1) is 40.8. The van der Waals surface area contributed by atoms with Gasteiger partial charge in [-0.2, -0.15) is 0 Å². The van der Waals surface area contributed by atoms with Gasteiger partial charge in [-0.3, -0.25) is 57.7 Å². The van der Waals surface area contributed by atoms with Crippen LogP contribution in [0, 0.1) is 0 Å². The van der Waals surface area contributed by atoms with Crippen LogP contribution in [0.1, 0.15) is 226 Å². The number of fused-ring (bicyclic) bond motifs is 4. The van der Waals surface area contributed by atoms with Crippen molar-refractivity contribution < 1.29 is 47.9 Å². The summed E-state index contributed by atoms with van der Waals surface area (Å²) in [7, 11) is 0. The number of nitrogens with one attached hydrogen (secondary N) is 4. The Labute approximate surface area is 502 Å². The number of amides is 10. The highest BCUT2D eigenvalue weighted by atomic mass is 16.2. The molecule has 0 aromatic heterocycles. The van der Waals surface area contributed by atoms with Gasteiger partial charge in [0, 0.05) is 47.0 Å². The number of carbonyl (C=O) groups is 10. The molecule has 12 rings (SSSR count). The zero-order chi connectivity index (χ0) is 62.3. The van der Waals surface area contributed by atoms with Crippen molar-refractivity contribution in [3.8, 4) is 0 Å². The van der Waals surface area contributed by atoms with Gasteiger partial charge in [0.05, 0.1) is 22.3 Å². The van der Waals surface area contributed by atoms with Gasteiger partial charge in [-0.1, -0.05) is 124 Å². The molecular weight excluding hydrogens is 1090 g/mol. The molecule has 0 aliphatic carbocycles. The molecule has 4 saturated heterocycles. The Balaban J connectivity index is 0.000000137. The molecule has 448 valence electrons. The van der Waals surface area contributed by atoms with Gasteiger partial charge in [-0.25, -0.2) is 0 Å². The van der Waals surface area contributed by atoms with E-state index in [1.165, 1.54) is 11.1 Å². The van der Waals surface area contributed by atoms with Crippen LogP contribution in [0.2, 0.25) is 0 Å². The Bertz CT molecular complexity index is 3600. The Morgan fingerprint density at radius 2 is 0.779 bits per heavy atom. The van der Waals surface area contributed by atoms with E-state index in [0.717, 1.165) is 67.4 Å². The standard InChI is InChI=1S/2C17H18N2O3.2C17H20N2O2/c1-9(2)11-5-6-12-13(8-11)17(22)19(16(12)21)14-7-4-10(3)18-15(14)20;1-9(2)11-5-4-6-12-14(11)17(22)19(16(12)21)13-8-7-10(3)18-15(13)20;1-10(2)12-5-6-14-13(8-12)9-19(17(14)21)15-7-4-11(3)18-16(15)20;1-10(2)12-5-4-6-13-14(12)9-19(17(13)21)15-8-7-11(3)18-16(15)20/h5-6,8-9,14H,3-4,7H2,1-2H3,(H,18,20);4-6,9,13H,3,7-8H2,1-2H3,(H,18,20);5-6,8,10,15H,3-4,7,9H2,1-2H3,(H,18,20);4-6,10,15H,3,7-9H2,1-2H3,(H,18,20). The lowest BCUT2D eigenvalue weighted by atomic mass is 9.94. The minimum atomic E-state index is -0.752. The maximum absolute atomic E-state index is 12.8. The van der Waals surface area contributed by atoms with Crippen LogP contribution in [0.25, 0.3) is 0 Å². The molecule has 4 fully saturated rings. The van der Waals surface area contributed by atoms with Gasteiger partial charge in [-0.15, -0.1) is 0 Å². The molecule has 0 bridgehead atoms. The Kier molecular flexibility index (Phi) is 17.8. The van der Waals surface area contributed by atoms with Crippen molar-refractivity contribution >= 4 is 59.1 Å². The molecule has 8 heterocycles. The van der Waals surface area contributed by atoms with Crippen molar-refractivity contribution in [1.29, 1.82) is 0 Å². The van der Waals surface area contributed by atoms with Crippen molar-refractivity contribution in [2.75, 3.05) is 0 Å². The minimum Gasteiger partial charge on any atom is -0.329 e. The smallest absolute Gasteiger partial charge is 0.262 e. The summed E-state index contributed by atoms with van der Waals surface area (Å²) in [5.41, 5.74) is 12.2. The molecule has 0 radical (unpaired) electrons. The van der Waals surface area contributed by atoms with E-state index in [1.807, 2.05) is 64.1 Å². The second kappa shape index (κ2) is 24.9. The van der Waals surface area contributed by atoms with Crippen molar-refractivity contribution in [3.05, 3.63) is 189 Å². The maximum Gasteiger partial charge on any atom is 0.262 e. The van der Waals surface area contributed by atoms with Crippen LogP contribution < -0.4 is 21.3 Å². The highest BCUT2D eigenvalue weighted by molar-refractivity contribution is 6.24. The molecule has 0 spiro atoms. The molecule has 4 aromatic rings. The zero-order valence-electron chi connectivity index (χ0n) is 50.3. The second-order valence-corrected chi connectivity index (χ2v) is 24.4. The Hall–Kier alpha value is -9.06. The number of hydrogen-bond acceptors (Lipinski definition) is 10. The van der Waals surface area contributed by atoms with Gasteiger partial charge < -0.3 is 31.1 Å². The molecular formula is C68H76N8O10. The molecule has 4 atom stereocenters. The average molecular weight is 1170 g/mol. The van der Waals surface area contributed by atoms with Gasteiger partial charge in [0.25, 0.3) is 35.4 Å². The highest BCUT2D eigenvalue weighted by Gasteiger charge is 2.47. The highest BCUT2D eigenvalue weighted by Crippen LogP contribution is 2.37. The lowest BCUT2D eigenvalue weighted by Gasteiger charge is -2.31. The monoisotopic (exact) mass is 1160 g/mol. The molecule has 86 heavy (non-hydrogen) atoms. The summed E-state index contributed by atoms with van der Waals surface area (Å²) in [6.45, 7) is 32.6. The number of hydrogen-bond donors (Lipinski definition) is 4. The van der Waals surface area contributed by atoms with Crippen LogP contribution in [-0.2, 0) is 32.3 Å². The van der Waals surface area contributed by atoms with Crippen molar-refractivity contribution in [3.63, 3.8) is 0 Å². The summed E-state index contributed by atoms with van der Waals surface area (Å²) in [5.74, 6) is -1.27. The molecule has 8 aliphatic heterocycles. The zero-order valence-corrected chi connectivity index (χ0v) is 50.3. The molecule has 4 N–H and O–H groups in total. The Morgan fingerprint density at radius 1 is 0.384 bits per heavy atom. The summed E-state index contributed by atoms with van der Waals surface area (Å²) < 4.78 is 0. The van der Waals surface area contributed by atoms with E-state index in [9.17, 15) is 47.9 Å². The van der Waals surface area contributed by atoms with Crippen LogP contribution in [0.15, 0.2) is 122 Å². The van der Waals surface area contributed by atoms with E-state index in [4.69, 9.17) is 0 Å². The fourth-order valence-electron chi connectivity index (χ4n) is 12.3. The van der Waals surface area contributed by atoms with Crippen molar-refractivity contribution in [2.24, 2.45) is 0 Å². The number of imide groups is 2. The van der Waals surface area contributed by atoms with Crippen LogP contribution in [0.3, 0.4) is 0 Å². The first-order valence-electron chi connectivity index (χ1n) is 29.6. The van der Waals surface area contributed by atoms with E-state index in [-0.39, 0.29) is 83.0 Å². The summed E-state index contributed by atoms with van der Waals surface area (Å²) in [6, 6.07) is 20.2. The van der Waals surface area contributed by atoms with Crippen LogP contribution in [0.4, 0.5) is 0 Å². The predicted octanol–water partition coefficient (Wildman–Crippen LogP) is 9.51. The fraction of sp³-hybridized carbons (Fsp3) is 0.382. The largest absolute Gasteiger partial charge is 0.329 e. The van der Waals surface area contributed by atoms with E-state index in [0.29, 0.717) is 97.1 Å². The summed E-state index contributed by atoms with van der Waals surface area (Å²) in [6.07, 6.45) is 4.76. The van der Waals surface area contributed by atoms with Gasteiger partial charge >= 0.3 is 0 Å².